The summed E-state index contributed by atoms with van der Waals surface area (Å²) in [5.41, 5.74) is 0. The molecule has 1 aliphatic heterocycles. The summed E-state index contributed by atoms with van der Waals surface area (Å²) in [5, 5.41) is 43.1. The molecule has 102 valence electrons. The van der Waals surface area contributed by atoms with Gasteiger partial charge in [0.25, 0.3) is 0 Å². The zero-order chi connectivity index (χ0) is 13.4. The molecule has 5 N–H and O–H groups in total. The number of carbonyl (C=O) groups is 1. The van der Waals surface area contributed by atoms with Crippen LogP contribution in [-0.2, 0) is 9.53 Å². The lowest BCUT2D eigenvalue weighted by molar-refractivity contribution is -0.142. The molecule has 17 heavy (non-hydrogen) atoms. The van der Waals surface area contributed by atoms with E-state index in [0.717, 1.165) is 6.61 Å². The number of aliphatic hydroxyl groups is 5. The van der Waals surface area contributed by atoms with E-state index in [4.69, 9.17) is 41.9 Å². The number of Topliss-reactive ketones (excluding diaryl/α,β-unsaturated/α-hetero) is 1. The zero-order valence-corrected chi connectivity index (χ0v) is 9.82. The summed E-state index contributed by atoms with van der Waals surface area (Å²) in [6.07, 6.45) is -4.82. The first kappa shape index (κ1) is 16.7. The average molecular weight is 273 g/mol. The van der Waals surface area contributed by atoms with Gasteiger partial charge in [-0.15, -0.1) is 11.6 Å². The molecule has 0 aliphatic carbocycles. The maximum absolute atomic E-state index is 10.5. The number of rotatable bonds is 6. The van der Waals surface area contributed by atoms with Crippen molar-refractivity contribution < 1.29 is 35.1 Å². The predicted molar refractivity (Wildman–Crippen MR) is 57.7 cm³/mol. The van der Waals surface area contributed by atoms with Crippen LogP contribution >= 0.6 is 11.6 Å². The van der Waals surface area contributed by atoms with Crippen molar-refractivity contribution >= 4 is 17.4 Å². The smallest absolute Gasteiger partial charge is 0.189 e. The van der Waals surface area contributed by atoms with Gasteiger partial charge in [0.05, 0.1) is 25.2 Å². The first-order chi connectivity index (χ1) is 7.97. The summed E-state index contributed by atoms with van der Waals surface area (Å²) in [7, 11) is 0. The van der Waals surface area contributed by atoms with E-state index in [1.54, 1.807) is 0 Å². The molecule has 0 radical (unpaired) electrons. The van der Waals surface area contributed by atoms with Crippen LogP contribution in [0, 0.1) is 0 Å². The fourth-order valence-electron chi connectivity index (χ4n) is 0.760. The van der Waals surface area contributed by atoms with Crippen LogP contribution in [0.1, 0.15) is 0 Å². The second-order valence-electron chi connectivity index (χ2n) is 3.42. The largest absolute Gasteiger partial charge is 0.394 e. The Balaban J connectivity index is 0.000000419. The number of hydrogen-bond donors (Lipinski definition) is 5. The normalized spacial score (nSPS) is 23.1. The van der Waals surface area contributed by atoms with Gasteiger partial charge in [-0.3, -0.25) is 4.79 Å². The highest BCUT2D eigenvalue weighted by molar-refractivity contribution is 6.18. The van der Waals surface area contributed by atoms with Gasteiger partial charge in [-0.1, -0.05) is 0 Å². The number of ether oxygens (including phenoxy) is 1. The molecule has 0 aromatic carbocycles. The average Bonchev–Trinajstić information content (AvgIpc) is 3.19. The van der Waals surface area contributed by atoms with Gasteiger partial charge >= 0.3 is 0 Å². The van der Waals surface area contributed by atoms with Crippen LogP contribution in [0.5, 0.6) is 0 Å². The molecular weight excluding hydrogens is 256 g/mol. The first-order valence-corrected chi connectivity index (χ1v) is 5.47. The van der Waals surface area contributed by atoms with Crippen LogP contribution in [0.15, 0.2) is 0 Å². The Morgan fingerprint density at radius 3 is 2.12 bits per heavy atom. The number of alkyl halides is 1. The summed E-state index contributed by atoms with van der Waals surface area (Å²) in [6.45, 7) is -0.809. The second-order valence-corrected chi connectivity index (χ2v) is 3.73. The number of halogens is 1. The molecule has 1 rings (SSSR count). The van der Waals surface area contributed by atoms with E-state index in [1.807, 2.05) is 0 Å². The van der Waals surface area contributed by atoms with Crippen LogP contribution in [0.25, 0.3) is 0 Å². The van der Waals surface area contributed by atoms with Gasteiger partial charge in [0.15, 0.2) is 5.78 Å². The van der Waals surface area contributed by atoms with Crippen molar-refractivity contribution in [3.8, 4) is 0 Å². The second kappa shape index (κ2) is 8.76. The van der Waals surface area contributed by atoms with E-state index in [2.05, 4.69) is 0 Å². The van der Waals surface area contributed by atoms with E-state index in [9.17, 15) is 4.79 Å². The predicted octanol–water partition coefficient (Wildman–Crippen LogP) is -2.75. The van der Waals surface area contributed by atoms with Crippen molar-refractivity contribution in [2.75, 3.05) is 25.7 Å². The first-order valence-electron chi connectivity index (χ1n) is 4.94. The molecule has 0 saturated carbocycles. The fourth-order valence-corrected chi connectivity index (χ4v) is 0.938. The quantitative estimate of drug-likeness (QED) is 0.262. The van der Waals surface area contributed by atoms with Crippen LogP contribution in [0.3, 0.4) is 0 Å². The minimum Gasteiger partial charge on any atom is -0.394 e. The molecule has 0 aromatic rings. The van der Waals surface area contributed by atoms with Crippen molar-refractivity contribution in [2.45, 2.75) is 24.4 Å². The van der Waals surface area contributed by atoms with Gasteiger partial charge in [0, 0.05) is 0 Å². The van der Waals surface area contributed by atoms with E-state index in [-0.39, 0.29) is 0 Å². The van der Waals surface area contributed by atoms with Crippen molar-refractivity contribution in [3.63, 3.8) is 0 Å². The molecule has 0 bridgehead atoms. The number of carbonyl (C=O) groups excluding carboxylic acids is 1. The Morgan fingerprint density at radius 2 is 1.88 bits per heavy atom. The standard InChI is InChI=1S/C6H12O6.C3H5ClO/c7-1-3(9)5(11)6(12)4(10)2-8;4-1-3-2-5-3/h3,5-9,11-12H,1-2H2;3H,1-2H2/t3-,5+,6+;/m1./s1. The molecule has 1 saturated heterocycles. The highest BCUT2D eigenvalue weighted by atomic mass is 35.5. The summed E-state index contributed by atoms with van der Waals surface area (Å²) in [5.74, 6) is -0.338. The van der Waals surface area contributed by atoms with E-state index < -0.39 is 37.3 Å². The maximum atomic E-state index is 10.5. The molecule has 1 aliphatic rings. The molecule has 0 amide bonds. The van der Waals surface area contributed by atoms with E-state index >= 15 is 0 Å². The highest BCUT2D eigenvalue weighted by Gasteiger charge is 2.28. The number of aliphatic hydroxyl groups excluding tert-OH is 5. The fraction of sp³-hybridized carbons (Fsp3) is 0.889. The van der Waals surface area contributed by atoms with Gasteiger partial charge in [-0.05, 0) is 0 Å². The van der Waals surface area contributed by atoms with Gasteiger partial charge in [-0.2, -0.15) is 0 Å². The van der Waals surface area contributed by atoms with Gasteiger partial charge in [0.2, 0.25) is 0 Å². The van der Waals surface area contributed by atoms with Crippen LogP contribution in [0.2, 0.25) is 0 Å². The topological polar surface area (TPSA) is 131 Å². The number of hydrogen-bond acceptors (Lipinski definition) is 7. The van der Waals surface area contributed by atoms with Gasteiger partial charge in [-0.25, -0.2) is 0 Å². The lowest BCUT2D eigenvalue weighted by Crippen LogP contribution is -2.44. The molecule has 0 spiro atoms. The van der Waals surface area contributed by atoms with Gasteiger partial charge < -0.3 is 30.3 Å². The van der Waals surface area contributed by atoms with E-state index in [1.165, 1.54) is 0 Å². The molecule has 4 atom stereocenters. The Hall–Kier alpha value is -0.280. The third kappa shape index (κ3) is 6.89. The van der Waals surface area contributed by atoms with Crippen molar-refractivity contribution in [3.05, 3.63) is 0 Å². The Labute approximate surface area is 103 Å². The molecular formula is C9H17ClO7. The van der Waals surface area contributed by atoms with Crippen molar-refractivity contribution in [1.29, 1.82) is 0 Å². The Morgan fingerprint density at radius 1 is 1.35 bits per heavy atom. The lowest BCUT2D eigenvalue weighted by atomic mass is 10.1. The molecule has 1 heterocycles. The third-order valence-corrected chi connectivity index (χ3v) is 2.31. The third-order valence-electron chi connectivity index (χ3n) is 1.96. The number of epoxide rings is 1. The van der Waals surface area contributed by atoms with Gasteiger partial charge in [0.1, 0.15) is 24.9 Å². The summed E-state index contributed by atoms with van der Waals surface area (Å²) < 4.78 is 4.73. The monoisotopic (exact) mass is 272 g/mol. The van der Waals surface area contributed by atoms with E-state index in [0.29, 0.717) is 12.0 Å². The summed E-state index contributed by atoms with van der Waals surface area (Å²) >= 11 is 5.27. The summed E-state index contributed by atoms with van der Waals surface area (Å²) in [6, 6.07) is 0. The number of ketones is 1. The molecule has 1 fully saturated rings. The SMILES string of the molecule is ClCC1CO1.O=C(CO)[C@H](O)[C@@H](O)[C@H](O)CO. The summed E-state index contributed by atoms with van der Waals surface area (Å²) in [4.78, 5) is 10.5. The minimum atomic E-state index is -1.86. The van der Waals surface area contributed by atoms with Crippen LogP contribution in [0.4, 0.5) is 0 Å². The Kier molecular flexibility index (Phi) is 8.61. The molecule has 1 unspecified atom stereocenters. The van der Waals surface area contributed by atoms with Crippen molar-refractivity contribution in [1.82, 2.24) is 0 Å². The van der Waals surface area contributed by atoms with Crippen LogP contribution in [-0.4, -0.2) is 81.4 Å². The van der Waals surface area contributed by atoms with Crippen molar-refractivity contribution in [2.24, 2.45) is 0 Å². The maximum Gasteiger partial charge on any atom is 0.189 e. The lowest BCUT2D eigenvalue weighted by Gasteiger charge is -2.19. The van der Waals surface area contributed by atoms with Crippen LogP contribution < -0.4 is 0 Å². The molecule has 0 aromatic heterocycles. The minimum absolute atomic E-state index is 0.400. The zero-order valence-electron chi connectivity index (χ0n) is 9.07. The Bertz CT molecular complexity index is 221. The highest BCUT2D eigenvalue weighted by Crippen LogP contribution is 2.08. The molecule has 7 nitrogen and oxygen atoms in total. The molecule has 8 heteroatoms.